The van der Waals surface area contributed by atoms with Gasteiger partial charge in [0.15, 0.2) is 0 Å². The maximum atomic E-state index is 10.6. The molecule has 0 amide bonds. The Balaban J connectivity index is 1.79. The highest BCUT2D eigenvalue weighted by atomic mass is 16.4. The molecule has 1 N–H and O–H groups in total. The molecule has 1 aromatic carbocycles. The van der Waals surface area contributed by atoms with E-state index in [1.165, 1.54) is 0 Å². The number of aliphatic carboxylic acids is 1. The number of likely N-dealkylation sites (tertiary alicyclic amines) is 1. The van der Waals surface area contributed by atoms with Crippen molar-refractivity contribution in [2.45, 2.75) is 12.8 Å². The van der Waals surface area contributed by atoms with Gasteiger partial charge < -0.3 is 5.11 Å². The van der Waals surface area contributed by atoms with Gasteiger partial charge in [0.2, 0.25) is 0 Å². The predicted octanol–water partition coefficient (Wildman–Crippen LogP) is 1.83. The molecule has 1 atom stereocenters. The van der Waals surface area contributed by atoms with Crippen LogP contribution in [0, 0.1) is 17.8 Å². The third-order valence-electron chi connectivity index (χ3n) is 3.14. The van der Waals surface area contributed by atoms with Crippen LogP contribution in [-0.4, -0.2) is 35.6 Å². The van der Waals surface area contributed by atoms with Gasteiger partial charge in [0.05, 0.1) is 6.54 Å². The number of carbonyl (C=O) groups is 1. The molecule has 0 aliphatic carbocycles. The molecule has 1 heterocycles. The van der Waals surface area contributed by atoms with Gasteiger partial charge in [-0.25, -0.2) is 0 Å². The van der Waals surface area contributed by atoms with E-state index in [9.17, 15) is 4.79 Å². The molecule has 1 aromatic rings. The van der Waals surface area contributed by atoms with E-state index in [4.69, 9.17) is 5.11 Å². The van der Waals surface area contributed by atoms with Gasteiger partial charge in [0.25, 0.3) is 0 Å². The standard InChI is InChI=1S/C15H17NO2/c17-15(18)11-14-8-10-16(12-14)9-4-7-13-5-2-1-3-6-13/h1-3,5-6,14H,8-12H2,(H,17,18). The molecule has 0 spiro atoms. The van der Waals surface area contributed by atoms with E-state index in [0.717, 1.165) is 31.6 Å². The molecule has 1 saturated heterocycles. The number of carboxylic acid groups (broad SMARTS) is 1. The maximum Gasteiger partial charge on any atom is 0.303 e. The summed E-state index contributed by atoms with van der Waals surface area (Å²) in [5, 5.41) is 8.74. The minimum Gasteiger partial charge on any atom is -0.481 e. The Bertz CT molecular complexity index is 458. The lowest BCUT2D eigenvalue weighted by Crippen LogP contribution is -2.21. The van der Waals surface area contributed by atoms with Gasteiger partial charge >= 0.3 is 5.97 Å². The van der Waals surface area contributed by atoms with Gasteiger partial charge in [-0.05, 0) is 31.0 Å². The Morgan fingerprint density at radius 2 is 2.17 bits per heavy atom. The first-order chi connectivity index (χ1) is 8.74. The summed E-state index contributed by atoms with van der Waals surface area (Å²) in [5.74, 6) is 5.86. The molecule has 1 fully saturated rings. The molecular formula is C15H17NO2. The van der Waals surface area contributed by atoms with E-state index in [2.05, 4.69) is 16.7 Å². The van der Waals surface area contributed by atoms with Crippen LogP contribution in [-0.2, 0) is 4.79 Å². The number of rotatable bonds is 3. The van der Waals surface area contributed by atoms with E-state index in [1.807, 2.05) is 30.3 Å². The molecule has 0 bridgehead atoms. The average Bonchev–Trinajstić information content (AvgIpc) is 2.77. The Kier molecular flexibility index (Phi) is 4.38. The Hall–Kier alpha value is -1.79. The van der Waals surface area contributed by atoms with Crippen molar-refractivity contribution in [2.75, 3.05) is 19.6 Å². The molecule has 1 aliphatic heterocycles. The lowest BCUT2D eigenvalue weighted by atomic mass is 10.1. The normalized spacial score (nSPS) is 19.2. The number of carboxylic acids is 1. The number of hydrogen-bond donors (Lipinski definition) is 1. The number of benzene rings is 1. The second-order valence-corrected chi connectivity index (χ2v) is 4.66. The third kappa shape index (κ3) is 3.90. The third-order valence-corrected chi connectivity index (χ3v) is 3.14. The molecule has 94 valence electrons. The fourth-order valence-corrected chi connectivity index (χ4v) is 2.24. The average molecular weight is 243 g/mol. The molecular weight excluding hydrogens is 226 g/mol. The van der Waals surface area contributed by atoms with Crippen LogP contribution < -0.4 is 0 Å². The van der Waals surface area contributed by atoms with Crippen LogP contribution in [0.15, 0.2) is 30.3 Å². The largest absolute Gasteiger partial charge is 0.481 e. The van der Waals surface area contributed by atoms with Gasteiger partial charge in [-0.2, -0.15) is 0 Å². The first-order valence-electron chi connectivity index (χ1n) is 6.22. The van der Waals surface area contributed by atoms with E-state index < -0.39 is 5.97 Å². The van der Waals surface area contributed by atoms with Gasteiger partial charge in [-0.15, -0.1) is 0 Å². The fourth-order valence-electron chi connectivity index (χ4n) is 2.24. The number of hydrogen-bond acceptors (Lipinski definition) is 2. The van der Waals surface area contributed by atoms with Crippen LogP contribution in [0.4, 0.5) is 0 Å². The minimum absolute atomic E-state index is 0.280. The van der Waals surface area contributed by atoms with Crippen LogP contribution in [0.25, 0.3) is 0 Å². The van der Waals surface area contributed by atoms with Crippen molar-refractivity contribution in [1.82, 2.24) is 4.90 Å². The first-order valence-corrected chi connectivity index (χ1v) is 6.22. The predicted molar refractivity (Wildman–Crippen MR) is 70.1 cm³/mol. The maximum absolute atomic E-state index is 10.6. The summed E-state index contributed by atoms with van der Waals surface area (Å²) in [4.78, 5) is 12.8. The van der Waals surface area contributed by atoms with Gasteiger partial charge in [0, 0.05) is 18.5 Å². The van der Waals surface area contributed by atoms with Crippen molar-refractivity contribution >= 4 is 5.97 Å². The molecule has 3 heteroatoms. The smallest absolute Gasteiger partial charge is 0.303 e. The minimum atomic E-state index is -0.697. The fraction of sp³-hybridized carbons (Fsp3) is 0.400. The molecule has 18 heavy (non-hydrogen) atoms. The van der Waals surface area contributed by atoms with Crippen LogP contribution in [0.5, 0.6) is 0 Å². The van der Waals surface area contributed by atoms with Crippen LogP contribution in [0.3, 0.4) is 0 Å². The summed E-state index contributed by atoms with van der Waals surface area (Å²) in [5.41, 5.74) is 1.03. The van der Waals surface area contributed by atoms with Gasteiger partial charge in [-0.1, -0.05) is 30.0 Å². The molecule has 1 aliphatic rings. The van der Waals surface area contributed by atoms with E-state index in [1.54, 1.807) is 0 Å². The highest BCUT2D eigenvalue weighted by Crippen LogP contribution is 2.18. The molecule has 2 rings (SSSR count). The molecule has 3 nitrogen and oxygen atoms in total. The monoisotopic (exact) mass is 243 g/mol. The summed E-state index contributed by atoms with van der Waals surface area (Å²) in [6, 6.07) is 9.90. The molecule has 0 aromatic heterocycles. The topological polar surface area (TPSA) is 40.5 Å². The van der Waals surface area contributed by atoms with E-state index in [-0.39, 0.29) is 6.42 Å². The van der Waals surface area contributed by atoms with Crippen molar-refractivity contribution in [3.63, 3.8) is 0 Å². The summed E-state index contributed by atoms with van der Waals surface area (Å²) < 4.78 is 0. The zero-order valence-electron chi connectivity index (χ0n) is 10.3. The van der Waals surface area contributed by atoms with Crippen LogP contribution >= 0.6 is 0 Å². The van der Waals surface area contributed by atoms with Crippen molar-refractivity contribution in [1.29, 1.82) is 0 Å². The summed E-state index contributed by atoms with van der Waals surface area (Å²) in [7, 11) is 0. The van der Waals surface area contributed by atoms with E-state index in [0.29, 0.717) is 5.92 Å². The highest BCUT2D eigenvalue weighted by molar-refractivity contribution is 5.67. The van der Waals surface area contributed by atoms with Crippen molar-refractivity contribution in [3.05, 3.63) is 35.9 Å². The zero-order valence-corrected chi connectivity index (χ0v) is 10.3. The zero-order chi connectivity index (χ0) is 12.8. The Morgan fingerprint density at radius 3 is 2.89 bits per heavy atom. The first kappa shape index (κ1) is 12.7. The van der Waals surface area contributed by atoms with Crippen molar-refractivity contribution < 1.29 is 9.90 Å². The summed E-state index contributed by atoms with van der Waals surface area (Å²) >= 11 is 0. The number of nitrogens with zero attached hydrogens (tertiary/aromatic N) is 1. The quantitative estimate of drug-likeness (QED) is 0.823. The van der Waals surface area contributed by atoms with Crippen molar-refractivity contribution in [3.8, 4) is 11.8 Å². The van der Waals surface area contributed by atoms with E-state index >= 15 is 0 Å². The SMILES string of the molecule is O=C(O)CC1CCN(CC#Cc2ccccc2)C1. The van der Waals surface area contributed by atoms with Crippen LogP contribution in [0.1, 0.15) is 18.4 Å². The van der Waals surface area contributed by atoms with Gasteiger partial charge in [-0.3, -0.25) is 9.69 Å². The Morgan fingerprint density at radius 1 is 1.39 bits per heavy atom. The second kappa shape index (κ2) is 6.23. The van der Waals surface area contributed by atoms with Gasteiger partial charge in [0.1, 0.15) is 0 Å². The van der Waals surface area contributed by atoms with Crippen molar-refractivity contribution in [2.24, 2.45) is 5.92 Å². The summed E-state index contributed by atoms with van der Waals surface area (Å²) in [6.45, 7) is 2.54. The van der Waals surface area contributed by atoms with Crippen LogP contribution in [0.2, 0.25) is 0 Å². The lowest BCUT2D eigenvalue weighted by molar-refractivity contribution is -0.138. The molecule has 0 radical (unpaired) electrons. The second-order valence-electron chi connectivity index (χ2n) is 4.66. The Labute approximate surface area is 107 Å². The lowest BCUT2D eigenvalue weighted by Gasteiger charge is -2.10. The highest BCUT2D eigenvalue weighted by Gasteiger charge is 2.23. The molecule has 0 saturated carbocycles. The summed E-state index contributed by atoms with van der Waals surface area (Å²) in [6.07, 6.45) is 1.25. The molecule has 1 unspecified atom stereocenters.